The van der Waals surface area contributed by atoms with Gasteiger partial charge in [-0.2, -0.15) is 0 Å². The monoisotopic (exact) mass is 343 g/mol. The van der Waals surface area contributed by atoms with Gasteiger partial charge in [-0.15, -0.1) is 0 Å². The molecule has 0 aromatic heterocycles. The van der Waals surface area contributed by atoms with Gasteiger partial charge in [0.05, 0.1) is 16.1 Å². The first-order valence-corrected chi connectivity index (χ1v) is 8.43. The lowest BCUT2D eigenvalue weighted by molar-refractivity contribution is -0.133. The summed E-state index contributed by atoms with van der Waals surface area (Å²) in [7, 11) is 0. The van der Waals surface area contributed by atoms with Gasteiger partial charge in [0.2, 0.25) is 5.91 Å². The third-order valence-corrected chi connectivity index (χ3v) is 4.68. The van der Waals surface area contributed by atoms with Crippen molar-refractivity contribution in [3.8, 4) is 0 Å². The summed E-state index contributed by atoms with van der Waals surface area (Å²) < 4.78 is 0. The Morgan fingerprint density at radius 3 is 2.59 bits per heavy atom. The van der Waals surface area contributed by atoms with Gasteiger partial charge < -0.3 is 15.5 Å². The van der Waals surface area contributed by atoms with Gasteiger partial charge in [-0.05, 0) is 50.6 Å². The molecule has 1 aromatic rings. The summed E-state index contributed by atoms with van der Waals surface area (Å²) in [5.74, 6) is -0.0368. The van der Waals surface area contributed by atoms with Crippen molar-refractivity contribution in [1.82, 2.24) is 9.80 Å². The van der Waals surface area contributed by atoms with E-state index in [-0.39, 0.29) is 5.91 Å². The Morgan fingerprint density at radius 1 is 1.32 bits per heavy atom. The molecule has 1 amide bonds. The van der Waals surface area contributed by atoms with Gasteiger partial charge in [0.15, 0.2) is 0 Å². The molecular formula is C16H23Cl2N3O. The molecule has 1 fully saturated rings. The first-order chi connectivity index (χ1) is 10.5. The predicted molar refractivity (Wildman–Crippen MR) is 91.2 cm³/mol. The first-order valence-electron chi connectivity index (χ1n) is 7.68. The molecule has 2 N–H and O–H groups in total. The summed E-state index contributed by atoms with van der Waals surface area (Å²) >= 11 is 12.0. The van der Waals surface area contributed by atoms with E-state index in [0.29, 0.717) is 23.1 Å². The molecule has 0 saturated carbocycles. The van der Waals surface area contributed by atoms with Crippen molar-refractivity contribution in [1.29, 1.82) is 0 Å². The SMILES string of the molecule is C[C@@H](N)C(=O)N(CCN1CCCC1)Cc1ccc(Cl)c(Cl)c1. The van der Waals surface area contributed by atoms with E-state index in [1.54, 1.807) is 19.1 Å². The van der Waals surface area contributed by atoms with E-state index in [9.17, 15) is 4.79 Å². The maximum atomic E-state index is 12.3. The zero-order chi connectivity index (χ0) is 16.1. The van der Waals surface area contributed by atoms with Crippen LogP contribution in [0.1, 0.15) is 25.3 Å². The van der Waals surface area contributed by atoms with Gasteiger partial charge in [0.1, 0.15) is 0 Å². The molecule has 0 spiro atoms. The fourth-order valence-electron chi connectivity index (χ4n) is 2.68. The second-order valence-electron chi connectivity index (χ2n) is 5.85. The molecule has 0 aliphatic carbocycles. The molecule has 0 unspecified atom stereocenters. The summed E-state index contributed by atoms with van der Waals surface area (Å²) in [4.78, 5) is 16.5. The molecule has 22 heavy (non-hydrogen) atoms. The molecule has 1 heterocycles. The summed E-state index contributed by atoms with van der Waals surface area (Å²) in [6.45, 7) is 6.03. The second kappa shape index (κ2) is 8.16. The van der Waals surface area contributed by atoms with Crippen LogP contribution in [0, 0.1) is 0 Å². The Hall–Kier alpha value is -0.810. The predicted octanol–water partition coefficient (Wildman–Crippen LogP) is 2.77. The van der Waals surface area contributed by atoms with Crippen LogP contribution >= 0.6 is 23.2 Å². The van der Waals surface area contributed by atoms with Crippen LogP contribution in [0.15, 0.2) is 18.2 Å². The van der Waals surface area contributed by atoms with Gasteiger partial charge >= 0.3 is 0 Å². The molecule has 0 radical (unpaired) electrons. The van der Waals surface area contributed by atoms with Crippen LogP contribution in [-0.4, -0.2) is 47.9 Å². The highest BCUT2D eigenvalue weighted by molar-refractivity contribution is 6.42. The van der Waals surface area contributed by atoms with Crippen molar-refractivity contribution >= 4 is 29.1 Å². The summed E-state index contributed by atoms with van der Waals surface area (Å²) in [6.07, 6.45) is 2.49. The number of benzene rings is 1. The van der Waals surface area contributed by atoms with E-state index in [0.717, 1.165) is 25.2 Å². The summed E-state index contributed by atoms with van der Waals surface area (Å²) in [5.41, 5.74) is 6.74. The Morgan fingerprint density at radius 2 is 2.00 bits per heavy atom. The fraction of sp³-hybridized carbons (Fsp3) is 0.562. The molecule has 1 saturated heterocycles. The second-order valence-corrected chi connectivity index (χ2v) is 6.66. The summed E-state index contributed by atoms with van der Waals surface area (Å²) in [6, 6.07) is 4.96. The quantitative estimate of drug-likeness (QED) is 0.863. The van der Waals surface area contributed by atoms with Crippen molar-refractivity contribution in [2.24, 2.45) is 5.73 Å². The zero-order valence-corrected chi connectivity index (χ0v) is 14.4. The number of carbonyl (C=O) groups excluding carboxylic acids is 1. The molecule has 122 valence electrons. The van der Waals surface area contributed by atoms with Crippen LogP contribution in [-0.2, 0) is 11.3 Å². The van der Waals surface area contributed by atoms with E-state index in [4.69, 9.17) is 28.9 Å². The first kappa shape index (κ1) is 17.5. The minimum absolute atomic E-state index is 0.0368. The number of carbonyl (C=O) groups is 1. The number of halogens is 2. The fourth-order valence-corrected chi connectivity index (χ4v) is 3.00. The third kappa shape index (κ3) is 4.85. The number of hydrogen-bond acceptors (Lipinski definition) is 3. The Labute approximate surface area is 142 Å². The van der Waals surface area contributed by atoms with E-state index >= 15 is 0 Å². The Bertz CT molecular complexity index is 516. The van der Waals surface area contributed by atoms with Crippen molar-refractivity contribution in [3.63, 3.8) is 0 Å². The lowest BCUT2D eigenvalue weighted by Gasteiger charge is -2.27. The molecule has 1 atom stereocenters. The van der Waals surface area contributed by atoms with Crippen LogP contribution in [0.4, 0.5) is 0 Å². The lowest BCUT2D eigenvalue weighted by atomic mass is 10.2. The standard InChI is InChI=1S/C16H23Cl2N3O/c1-12(19)16(22)21(9-8-20-6-2-3-7-20)11-13-4-5-14(17)15(18)10-13/h4-5,10,12H,2-3,6-9,11,19H2,1H3/t12-/m1/s1. The van der Waals surface area contributed by atoms with Crippen molar-refractivity contribution < 1.29 is 4.79 Å². The van der Waals surface area contributed by atoms with Gasteiger partial charge in [-0.25, -0.2) is 0 Å². The van der Waals surface area contributed by atoms with Crippen molar-refractivity contribution in [2.75, 3.05) is 26.2 Å². The minimum Gasteiger partial charge on any atom is -0.336 e. The number of nitrogens with zero attached hydrogens (tertiary/aromatic N) is 2. The summed E-state index contributed by atoms with van der Waals surface area (Å²) in [5, 5.41) is 1.03. The largest absolute Gasteiger partial charge is 0.336 e. The Balaban J connectivity index is 2.02. The number of hydrogen-bond donors (Lipinski definition) is 1. The molecule has 4 nitrogen and oxygen atoms in total. The van der Waals surface area contributed by atoms with E-state index in [1.165, 1.54) is 12.8 Å². The minimum atomic E-state index is -0.499. The average molecular weight is 344 g/mol. The van der Waals surface area contributed by atoms with Crippen LogP contribution < -0.4 is 5.73 Å². The molecule has 2 rings (SSSR count). The van der Waals surface area contributed by atoms with E-state index in [1.807, 2.05) is 11.0 Å². The number of amides is 1. The zero-order valence-electron chi connectivity index (χ0n) is 12.9. The van der Waals surface area contributed by atoms with E-state index < -0.39 is 6.04 Å². The molecule has 6 heteroatoms. The van der Waals surface area contributed by atoms with Crippen LogP contribution in [0.3, 0.4) is 0 Å². The third-order valence-electron chi connectivity index (χ3n) is 3.94. The normalized spacial score (nSPS) is 16.7. The van der Waals surface area contributed by atoms with Gasteiger partial charge in [-0.3, -0.25) is 4.79 Å². The van der Waals surface area contributed by atoms with Crippen LogP contribution in [0.2, 0.25) is 10.0 Å². The van der Waals surface area contributed by atoms with Gasteiger partial charge in [0, 0.05) is 19.6 Å². The highest BCUT2D eigenvalue weighted by Crippen LogP contribution is 2.23. The lowest BCUT2D eigenvalue weighted by Crippen LogP contribution is -2.44. The molecule has 1 aromatic carbocycles. The highest BCUT2D eigenvalue weighted by Gasteiger charge is 2.20. The molecule has 1 aliphatic rings. The maximum Gasteiger partial charge on any atom is 0.239 e. The molecular weight excluding hydrogens is 321 g/mol. The van der Waals surface area contributed by atoms with Crippen LogP contribution in [0.25, 0.3) is 0 Å². The maximum absolute atomic E-state index is 12.3. The Kier molecular flexibility index (Phi) is 6.50. The average Bonchev–Trinajstić information content (AvgIpc) is 2.99. The topological polar surface area (TPSA) is 49.6 Å². The number of nitrogens with two attached hydrogens (primary N) is 1. The van der Waals surface area contributed by atoms with Crippen LogP contribution in [0.5, 0.6) is 0 Å². The van der Waals surface area contributed by atoms with E-state index in [2.05, 4.69) is 4.90 Å². The van der Waals surface area contributed by atoms with Crippen molar-refractivity contribution in [2.45, 2.75) is 32.4 Å². The van der Waals surface area contributed by atoms with Gasteiger partial charge in [0.25, 0.3) is 0 Å². The van der Waals surface area contributed by atoms with Crippen molar-refractivity contribution in [3.05, 3.63) is 33.8 Å². The van der Waals surface area contributed by atoms with Gasteiger partial charge in [-0.1, -0.05) is 29.3 Å². The molecule has 1 aliphatic heterocycles. The smallest absolute Gasteiger partial charge is 0.239 e. The number of likely N-dealkylation sites (tertiary alicyclic amines) is 1. The molecule has 0 bridgehead atoms. The number of rotatable bonds is 6. The highest BCUT2D eigenvalue weighted by atomic mass is 35.5.